The van der Waals surface area contributed by atoms with Crippen molar-refractivity contribution in [1.82, 2.24) is 9.55 Å². The molecule has 3 aliphatic carbocycles. The summed E-state index contributed by atoms with van der Waals surface area (Å²) in [5, 5.41) is 1.16. The minimum atomic E-state index is 0.149. The Morgan fingerprint density at radius 3 is 2.77 bits per heavy atom. The van der Waals surface area contributed by atoms with E-state index < -0.39 is 0 Å². The number of methoxy groups -OCH3 is 1. The predicted octanol–water partition coefficient (Wildman–Crippen LogP) is 7.37. The average Bonchev–Trinajstić information content (AvgIpc) is 3.55. The molecule has 182 valence electrons. The van der Waals surface area contributed by atoms with E-state index in [0.29, 0.717) is 5.78 Å². The van der Waals surface area contributed by atoms with Gasteiger partial charge in [0.15, 0.2) is 5.78 Å². The standard InChI is InChI=1S/C31H36N2O2/c1-5-33-27(16-22-7-6-12-32-31(22)33)26-15-23-13-24(17-28(35-4)29(23)19(26)3)30(34)21-11-10-20-9-8-18(2)25(20)14-21/h6-7,12-13,15-21,25H,5,8-11,14H2,1-4H3. The van der Waals surface area contributed by atoms with Crippen LogP contribution in [0, 0.1) is 23.7 Å². The number of allylic oxidation sites excluding steroid dienone is 1. The molecule has 5 atom stereocenters. The van der Waals surface area contributed by atoms with Crippen LogP contribution in [0.2, 0.25) is 0 Å². The lowest BCUT2D eigenvalue weighted by molar-refractivity contribution is 0.0817. The Morgan fingerprint density at radius 2 is 1.97 bits per heavy atom. The van der Waals surface area contributed by atoms with Crippen molar-refractivity contribution in [2.75, 3.05) is 7.11 Å². The number of nitrogens with zero attached hydrogens (tertiary/aromatic N) is 2. The minimum absolute atomic E-state index is 0.149. The van der Waals surface area contributed by atoms with Crippen molar-refractivity contribution in [3.63, 3.8) is 0 Å². The molecule has 3 aromatic rings. The van der Waals surface area contributed by atoms with Crippen LogP contribution in [-0.4, -0.2) is 22.4 Å². The summed E-state index contributed by atoms with van der Waals surface area (Å²) in [6.07, 6.45) is 10.1. The number of hydrogen-bond acceptors (Lipinski definition) is 3. The van der Waals surface area contributed by atoms with Gasteiger partial charge in [0, 0.05) is 46.8 Å². The maximum Gasteiger partial charge on any atom is 0.166 e. The zero-order valence-corrected chi connectivity index (χ0v) is 21.4. The monoisotopic (exact) mass is 468 g/mol. The molecule has 0 aliphatic heterocycles. The van der Waals surface area contributed by atoms with Crippen molar-refractivity contribution >= 4 is 28.5 Å². The Hall–Kier alpha value is -2.88. The summed E-state index contributed by atoms with van der Waals surface area (Å²) in [5.74, 6) is 3.81. The Kier molecular flexibility index (Phi) is 5.58. The number of ketones is 1. The van der Waals surface area contributed by atoms with Gasteiger partial charge in [0.2, 0.25) is 0 Å². The summed E-state index contributed by atoms with van der Waals surface area (Å²) < 4.78 is 8.18. The van der Waals surface area contributed by atoms with Crippen LogP contribution < -0.4 is 4.74 Å². The highest BCUT2D eigenvalue weighted by molar-refractivity contribution is 6.01. The maximum absolute atomic E-state index is 13.7. The van der Waals surface area contributed by atoms with Crippen LogP contribution in [0.3, 0.4) is 0 Å². The molecular weight excluding hydrogens is 432 g/mol. The van der Waals surface area contributed by atoms with Gasteiger partial charge in [0.05, 0.1) is 7.11 Å². The zero-order valence-electron chi connectivity index (χ0n) is 21.4. The highest BCUT2D eigenvalue weighted by Crippen LogP contribution is 2.50. The summed E-state index contributed by atoms with van der Waals surface area (Å²) in [6.45, 7) is 7.66. The molecule has 4 heteroatoms. The van der Waals surface area contributed by atoms with Crippen LogP contribution in [0.25, 0.3) is 22.7 Å². The van der Waals surface area contributed by atoms with E-state index in [1.807, 2.05) is 18.3 Å². The van der Waals surface area contributed by atoms with Crippen molar-refractivity contribution in [1.29, 1.82) is 0 Å². The third-order valence-electron chi connectivity index (χ3n) is 9.30. The first-order valence-corrected chi connectivity index (χ1v) is 13.4. The predicted molar refractivity (Wildman–Crippen MR) is 142 cm³/mol. The molecule has 6 rings (SSSR count). The molecule has 2 saturated carbocycles. The van der Waals surface area contributed by atoms with Crippen molar-refractivity contribution in [3.05, 3.63) is 58.9 Å². The van der Waals surface area contributed by atoms with Crippen molar-refractivity contribution < 1.29 is 9.53 Å². The molecule has 35 heavy (non-hydrogen) atoms. The second kappa shape index (κ2) is 8.65. The van der Waals surface area contributed by atoms with Gasteiger partial charge in [-0.25, -0.2) is 4.98 Å². The number of carbonyl (C=O) groups is 1. The first-order valence-electron chi connectivity index (χ1n) is 13.4. The number of aromatic nitrogens is 2. The number of fused-ring (bicyclic) bond motifs is 3. The number of aryl methyl sites for hydroxylation is 1. The van der Waals surface area contributed by atoms with E-state index in [4.69, 9.17) is 4.74 Å². The van der Waals surface area contributed by atoms with Crippen LogP contribution in [-0.2, 0) is 6.54 Å². The summed E-state index contributed by atoms with van der Waals surface area (Å²) in [7, 11) is 1.73. The normalized spacial score (nSPS) is 27.5. The lowest BCUT2D eigenvalue weighted by Gasteiger charge is -2.33. The second-order valence-corrected chi connectivity index (χ2v) is 11.0. The molecule has 2 aromatic heterocycles. The molecule has 0 amide bonds. The van der Waals surface area contributed by atoms with E-state index in [1.165, 1.54) is 36.1 Å². The van der Waals surface area contributed by atoms with Crippen molar-refractivity contribution in [2.24, 2.45) is 23.7 Å². The number of carbonyl (C=O) groups excluding carboxylic acids is 1. The van der Waals surface area contributed by atoms with Gasteiger partial charge in [-0.3, -0.25) is 4.79 Å². The number of rotatable bonds is 5. The van der Waals surface area contributed by atoms with Crippen LogP contribution >= 0.6 is 0 Å². The number of ether oxygens (including phenoxy) is 1. The van der Waals surface area contributed by atoms with Crippen LogP contribution in [0.15, 0.2) is 36.5 Å². The summed E-state index contributed by atoms with van der Waals surface area (Å²) in [5.41, 5.74) is 6.62. The molecule has 4 nitrogen and oxygen atoms in total. The van der Waals surface area contributed by atoms with Gasteiger partial charge in [0.1, 0.15) is 11.4 Å². The van der Waals surface area contributed by atoms with Crippen LogP contribution in [0.1, 0.15) is 86.0 Å². The molecule has 0 N–H and O–H groups in total. The topological polar surface area (TPSA) is 44.1 Å². The first-order chi connectivity index (χ1) is 17.0. The van der Waals surface area contributed by atoms with Gasteiger partial charge in [-0.05, 0) is 97.9 Å². The van der Waals surface area contributed by atoms with Gasteiger partial charge in [-0.1, -0.05) is 20.3 Å². The van der Waals surface area contributed by atoms with Gasteiger partial charge < -0.3 is 9.30 Å². The molecule has 0 bridgehead atoms. The van der Waals surface area contributed by atoms with E-state index in [0.717, 1.165) is 65.0 Å². The zero-order chi connectivity index (χ0) is 24.3. The summed E-state index contributed by atoms with van der Waals surface area (Å²) in [6, 6.07) is 10.5. The molecular formula is C31H36N2O2. The van der Waals surface area contributed by atoms with E-state index in [2.05, 4.69) is 54.6 Å². The lowest BCUT2D eigenvalue weighted by atomic mass is 9.71. The fraction of sp³-hybridized carbons (Fsp3) is 0.484. The third-order valence-corrected chi connectivity index (χ3v) is 9.30. The number of benzene rings is 1. The van der Waals surface area contributed by atoms with E-state index in [9.17, 15) is 4.79 Å². The molecule has 2 heterocycles. The third kappa shape index (κ3) is 3.56. The Labute approximate surface area is 208 Å². The Morgan fingerprint density at radius 1 is 1.14 bits per heavy atom. The highest BCUT2D eigenvalue weighted by atomic mass is 16.5. The fourth-order valence-corrected chi connectivity index (χ4v) is 7.42. The molecule has 3 aliphatic rings. The van der Waals surface area contributed by atoms with Gasteiger partial charge in [-0.2, -0.15) is 0 Å². The molecule has 1 aromatic carbocycles. The molecule has 2 fully saturated rings. The van der Waals surface area contributed by atoms with Crippen molar-refractivity contribution in [2.45, 2.75) is 65.3 Å². The molecule has 0 saturated heterocycles. The Bertz CT molecular complexity index is 1330. The number of pyridine rings is 1. The quantitative estimate of drug-likeness (QED) is 0.367. The SMILES string of the molecule is CCn1c(C2=Cc3cc(C(=O)C4CCC5CCC(C)C5C4)cc(OC)c3C2C)cc2cccnc21. The number of hydrogen-bond donors (Lipinski definition) is 0. The van der Waals surface area contributed by atoms with Crippen LogP contribution in [0.5, 0.6) is 5.75 Å². The average molecular weight is 469 g/mol. The molecule has 5 unspecified atom stereocenters. The maximum atomic E-state index is 13.7. The number of Topliss-reactive ketones (excluding diaryl/α,β-unsaturated/α-hetero) is 1. The molecule has 0 spiro atoms. The van der Waals surface area contributed by atoms with E-state index >= 15 is 0 Å². The lowest BCUT2D eigenvalue weighted by Crippen LogP contribution is -2.28. The Balaban J connectivity index is 1.37. The van der Waals surface area contributed by atoms with Gasteiger partial charge in [0.25, 0.3) is 0 Å². The first kappa shape index (κ1) is 22.6. The highest BCUT2D eigenvalue weighted by Gasteiger charge is 2.40. The van der Waals surface area contributed by atoms with Crippen LogP contribution in [0.4, 0.5) is 0 Å². The second-order valence-electron chi connectivity index (χ2n) is 11.0. The van der Waals surface area contributed by atoms with Gasteiger partial charge >= 0.3 is 0 Å². The van der Waals surface area contributed by atoms with Crippen molar-refractivity contribution in [3.8, 4) is 5.75 Å². The minimum Gasteiger partial charge on any atom is -0.496 e. The largest absolute Gasteiger partial charge is 0.496 e. The van der Waals surface area contributed by atoms with E-state index in [-0.39, 0.29) is 11.8 Å². The van der Waals surface area contributed by atoms with E-state index in [1.54, 1.807) is 7.11 Å². The smallest absolute Gasteiger partial charge is 0.166 e. The molecule has 0 radical (unpaired) electrons. The fourth-order valence-electron chi connectivity index (χ4n) is 7.42. The summed E-state index contributed by atoms with van der Waals surface area (Å²) >= 11 is 0. The summed E-state index contributed by atoms with van der Waals surface area (Å²) in [4.78, 5) is 18.4. The van der Waals surface area contributed by atoms with Gasteiger partial charge in [-0.15, -0.1) is 0 Å².